The van der Waals surface area contributed by atoms with Gasteiger partial charge in [0.2, 0.25) is 5.91 Å². The molecule has 0 unspecified atom stereocenters. The van der Waals surface area contributed by atoms with E-state index in [1.54, 1.807) is 34.9 Å². The summed E-state index contributed by atoms with van der Waals surface area (Å²) in [6, 6.07) is 13.7. The molecule has 0 spiro atoms. The molecule has 0 aliphatic heterocycles. The highest BCUT2D eigenvalue weighted by Gasteiger charge is 2.21. The normalized spacial score (nSPS) is 11.1. The lowest BCUT2D eigenvalue weighted by Gasteiger charge is -2.15. The SMILES string of the molecule is CCC(CC)NC(=O)CSc1nnc(-c2ccccc2Cl)n1-c1ccccc1F. The average Bonchev–Trinajstić information content (AvgIpc) is 3.14. The third-order valence-corrected chi connectivity index (χ3v) is 5.78. The number of para-hydroxylation sites is 1. The fourth-order valence-electron chi connectivity index (χ4n) is 2.92. The summed E-state index contributed by atoms with van der Waals surface area (Å²) in [5, 5.41) is 12.4. The molecule has 0 radical (unpaired) electrons. The number of nitrogens with one attached hydrogen (secondary N) is 1. The molecule has 29 heavy (non-hydrogen) atoms. The fourth-order valence-corrected chi connectivity index (χ4v) is 3.90. The molecule has 1 N–H and O–H groups in total. The Labute approximate surface area is 178 Å². The summed E-state index contributed by atoms with van der Waals surface area (Å²) in [5.41, 5.74) is 0.938. The van der Waals surface area contributed by atoms with Gasteiger partial charge in [0.15, 0.2) is 11.0 Å². The Bertz CT molecular complexity index is 990. The Hall–Kier alpha value is -2.38. The monoisotopic (exact) mass is 432 g/mol. The summed E-state index contributed by atoms with van der Waals surface area (Å²) in [5.74, 6) is 0.0737. The molecule has 0 fully saturated rings. The molecular formula is C21H22ClFN4OS. The zero-order chi connectivity index (χ0) is 20.8. The lowest BCUT2D eigenvalue weighted by Crippen LogP contribution is -2.35. The van der Waals surface area contributed by atoms with E-state index in [1.807, 2.05) is 26.0 Å². The van der Waals surface area contributed by atoms with E-state index in [-0.39, 0.29) is 17.7 Å². The first-order chi connectivity index (χ1) is 14.0. The second-order valence-corrected chi connectivity index (χ2v) is 7.79. The molecule has 0 bridgehead atoms. The van der Waals surface area contributed by atoms with Gasteiger partial charge in [-0.1, -0.05) is 61.5 Å². The van der Waals surface area contributed by atoms with E-state index in [0.717, 1.165) is 12.8 Å². The maximum Gasteiger partial charge on any atom is 0.230 e. The van der Waals surface area contributed by atoms with Gasteiger partial charge in [-0.2, -0.15) is 0 Å². The quantitative estimate of drug-likeness (QED) is 0.501. The third kappa shape index (κ3) is 4.97. The van der Waals surface area contributed by atoms with E-state index in [1.165, 1.54) is 17.8 Å². The first kappa shape index (κ1) is 21.3. The number of hydrogen-bond donors (Lipinski definition) is 1. The molecule has 0 saturated heterocycles. The van der Waals surface area contributed by atoms with E-state index in [2.05, 4.69) is 15.5 Å². The van der Waals surface area contributed by atoms with Gasteiger partial charge in [0.25, 0.3) is 0 Å². The molecule has 0 saturated carbocycles. The number of nitrogens with zero attached hydrogens (tertiary/aromatic N) is 3. The minimum absolute atomic E-state index is 0.0916. The highest BCUT2D eigenvalue weighted by Crippen LogP contribution is 2.32. The van der Waals surface area contributed by atoms with Gasteiger partial charge in [-0.3, -0.25) is 9.36 Å². The van der Waals surface area contributed by atoms with Crippen molar-refractivity contribution in [3.05, 3.63) is 59.4 Å². The minimum Gasteiger partial charge on any atom is -0.353 e. The van der Waals surface area contributed by atoms with Gasteiger partial charge in [0.05, 0.1) is 16.5 Å². The molecule has 0 aliphatic carbocycles. The molecule has 1 aromatic heterocycles. The number of carbonyl (C=O) groups is 1. The summed E-state index contributed by atoms with van der Waals surface area (Å²) >= 11 is 7.55. The van der Waals surface area contributed by atoms with Crippen molar-refractivity contribution < 1.29 is 9.18 Å². The van der Waals surface area contributed by atoms with Crippen LogP contribution >= 0.6 is 23.4 Å². The van der Waals surface area contributed by atoms with Crippen molar-refractivity contribution in [3.8, 4) is 17.1 Å². The van der Waals surface area contributed by atoms with Crippen LogP contribution in [0.2, 0.25) is 5.02 Å². The maximum absolute atomic E-state index is 14.6. The van der Waals surface area contributed by atoms with Crippen LogP contribution in [0.3, 0.4) is 0 Å². The molecule has 1 heterocycles. The van der Waals surface area contributed by atoms with Crippen molar-refractivity contribution in [2.45, 2.75) is 37.9 Å². The van der Waals surface area contributed by atoms with E-state index in [9.17, 15) is 9.18 Å². The van der Waals surface area contributed by atoms with Crippen LogP contribution in [-0.4, -0.2) is 32.5 Å². The van der Waals surface area contributed by atoms with Gasteiger partial charge >= 0.3 is 0 Å². The van der Waals surface area contributed by atoms with Crippen molar-refractivity contribution in [2.24, 2.45) is 0 Å². The van der Waals surface area contributed by atoms with Crippen LogP contribution in [0.15, 0.2) is 53.7 Å². The second-order valence-electron chi connectivity index (χ2n) is 6.44. The van der Waals surface area contributed by atoms with Crippen molar-refractivity contribution >= 4 is 29.3 Å². The van der Waals surface area contributed by atoms with Crippen molar-refractivity contribution in [2.75, 3.05) is 5.75 Å². The molecule has 2 aromatic carbocycles. The minimum atomic E-state index is -0.413. The number of halogens is 2. The molecule has 3 rings (SSSR count). The predicted octanol–water partition coefficient (Wildman–Crippen LogP) is 5.12. The number of hydrogen-bond acceptors (Lipinski definition) is 4. The molecule has 152 valence electrons. The van der Waals surface area contributed by atoms with E-state index in [0.29, 0.717) is 27.3 Å². The average molecular weight is 433 g/mol. The topological polar surface area (TPSA) is 59.8 Å². The predicted molar refractivity (Wildman–Crippen MR) is 115 cm³/mol. The Kier molecular flexibility index (Phi) is 7.28. The van der Waals surface area contributed by atoms with Crippen molar-refractivity contribution in [1.29, 1.82) is 0 Å². The van der Waals surface area contributed by atoms with Crippen molar-refractivity contribution in [1.82, 2.24) is 20.1 Å². The molecule has 0 atom stereocenters. The molecule has 8 heteroatoms. The van der Waals surface area contributed by atoms with Gasteiger partial charge in [-0.25, -0.2) is 4.39 Å². The highest BCUT2D eigenvalue weighted by atomic mass is 35.5. The molecular weight excluding hydrogens is 411 g/mol. The van der Waals surface area contributed by atoms with Crippen LogP contribution in [0.1, 0.15) is 26.7 Å². The van der Waals surface area contributed by atoms with Crippen LogP contribution in [0.4, 0.5) is 4.39 Å². The van der Waals surface area contributed by atoms with Gasteiger partial charge in [-0.05, 0) is 37.1 Å². The Morgan fingerprint density at radius 2 is 1.83 bits per heavy atom. The summed E-state index contributed by atoms with van der Waals surface area (Å²) in [4.78, 5) is 12.3. The van der Waals surface area contributed by atoms with Gasteiger partial charge in [0.1, 0.15) is 5.82 Å². The first-order valence-electron chi connectivity index (χ1n) is 9.42. The molecule has 5 nitrogen and oxygen atoms in total. The Morgan fingerprint density at radius 1 is 1.14 bits per heavy atom. The summed E-state index contributed by atoms with van der Waals surface area (Å²) in [6.07, 6.45) is 1.74. The summed E-state index contributed by atoms with van der Waals surface area (Å²) in [6.45, 7) is 4.07. The zero-order valence-corrected chi connectivity index (χ0v) is 17.8. The van der Waals surface area contributed by atoms with Crippen LogP contribution in [0, 0.1) is 5.82 Å². The van der Waals surface area contributed by atoms with Gasteiger partial charge < -0.3 is 5.32 Å². The number of thioether (sulfide) groups is 1. The number of carbonyl (C=O) groups excluding carboxylic acids is 1. The number of aromatic nitrogens is 3. The lowest BCUT2D eigenvalue weighted by molar-refractivity contribution is -0.119. The Morgan fingerprint density at radius 3 is 2.52 bits per heavy atom. The smallest absolute Gasteiger partial charge is 0.230 e. The molecule has 3 aromatic rings. The molecule has 1 amide bonds. The lowest BCUT2D eigenvalue weighted by atomic mass is 10.2. The van der Waals surface area contributed by atoms with E-state index < -0.39 is 5.82 Å². The van der Waals surface area contributed by atoms with Crippen LogP contribution in [-0.2, 0) is 4.79 Å². The van der Waals surface area contributed by atoms with Gasteiger partial charge in [0, 0.05) is 11.6 Å². The van der Waals surface area contributed by atoms with Crippen LogP contribution in [0.5, 0.6) is 0 Å². The maximum atomic E-state index is 14.6. The van der Waals surface area contributed by atoms with Crippen LogP contribution < -0.4 is 5.32 Å². The fraction of sp³-hybridized carbons (Fsp3) is 0.286. The van der Waals surface area contributed by atoms with Crippen molar-refractivity contribution in [3.63, 3.8) is 0 Å². The summed E-state index contributed by atoms with van der Waals surface area (Å²) < 4.78 is 16.2. The van der Waals surface area contributed by atoms with E-state index in [4.69, 9.17) is 11.6 Å². The second kappa shape index (κ2) is 9.89. The number of rotatable bonds is 8. The largest absolute Gasteiger partial charge is 0.353 e. The highest BCUT2D eigenvalue weighted by molar-refractivity contribution is 7.99. The van der Waals surface area contributed by atoms with E-state index >= 15 is 0 Å². The van der Waals surface area contributed by atoms with Gasteiger partial charge in [-0.15, -0.1) is 10.2 Å². The number of amides is 1. The van der Waals surface area contributed by atoms with Crippen LogP contribution in [0.25, 0.3) is 17.1 Å². The Balaban J connectivity index is 1.95. The third-order valence-electron chi connectivity index (χ3n) is 4.52. The first-order valence-corrected chi connectivity index (χ1v) is 10.8. The summed E-state index contributed by atoms with van der Waals surface area (Å²) in [7, 11) is 0. The zero-order valence-electron chi connectivity index (χ0n) is 16.2. The standard InChI is InChI=1S/C21H22ClFN4OS/c1-3-14(4-2)24-19(28)13-29-21-26-25-20(15-9-5-6-10-16(15)22)27(21)18-12-8-7-11-17(18)23/h5-12,14H,3-4,13H2,1-2H3,(H,24,28). The number of benzene rings is 2. The molecule has 0 aliphatic rings.